The predicted octanol–water partition coefficient (Wildman–Crippen LogP) is 1.93. The van der Waals surface area contributed by atoms with Gasteiger partial charge in [0.05, 0.1) is 5.52 Å². The Balaban J connectivity index is 2.02. The number of benzene rings is 1. The maximum atomic E-state index is 11.1. The minimum absolute atomic E-state index is 0.402. The normalized spacial score (nSPS) is 15.2. The van der Waals surface area contributed by atoms with Crippen molar-refractivity contribution in [1.82, 2.24) is 4.98 Å². The highest BCUT2D eigenvalue weighted by molar-refractivity contribution is 5.97. The fraction of sp³-hybridized carbons (Fsp3) is 0.286. The Kier molecular flexibility index (Phi) is 2.63. The number of pyridine rings is 1. The number of rotatable bonds is 2. The predicted molar refractivity (Wildman–Crippen MR) is 71.7 cm³/mol. The molecule has 0 radical (unpaired) electrons. The van der Waals surface area contributed by atoms with Gasteiger partial charge in [0.1, 0.15) is 5.82 Å². The largest absolute Gasteiger partial charge is 0.366 e. The van der Waals surface area contributed by atoms with Crippen LogP contribution in [0.5, 0.6) is 0 Å². The van der Waals surface area contributed by atoms with Crippen LogP contribution < -0.4 is 10.6 Å². The first kappa shape index (κ1) is 11.0. The highest BCUT2D eigenvalue weighted by Crippen LogP contribution is 2.22. The summed E-state index contributed by atoms with van der Waals surface area (Å²) >= 11 is 0. The first-order chi connectivity index (χ1) is 8.74. The van der Waals surface area contributed by atoms with E-state index in [9.17, 15) is 4.79 Å². The fourth-order valence-electron chi connectivity index (χ4n) is 2.39. The summed E-state index contributed by atoms with van der Waals surface area (Å²) in [6, 6.07) is 9.39. The molecular formula is C14H15N3O. The van der Waals surface area contributed by atoms with Crippen molar-refractivity contribution in [3.8, 4) is 0 Å². The molecule has 0 bridgehead atoms. The molecule has 2 N–H and O–H groups in total. The molecule has 0 unspecified atom stereocenters. The van der Waals surface area contributed by atoms with E-state index in [0.29, 0.717) is 5.56 Å². The van der Waals surface area contributed by atoms with Crippen molar-refractivity contribution < 1.29 is 4.79 Å². The molecule has 0 aliphatic carbocycles. The molecule has 1 aromatic heterocycles. The lowest BCUT2D eigenvalue weighted by Crippen LogP contribution is -2.18. The maximum absolute atomic E-state index is 11.1. The molecule has 3 rings (SSSR count). The lowest BCUT2D eigenvalue weighted by atomic mass is 10.1. The average molecular weight is 241 g/mol. The van der Waals surface area contributed by atoms with Crippen molar-refractivity contribution in [3.05, 3.63) is 35.9 Å². The summed E-state index contributed by atoms with van der Waals surface area (Å²) in [6.45, 7) is 2.16. The van der Waals surface area contributed by atoms with Crippen LogP contribution in [0.2, 0.25) is 0 Å². The molecule has 4 heteroatoms. The molecule has 0 saturated carbocycles. The van der Waals surface area contributed by atoms with Gasteiger partial charge in [-0.2, -0.15) is 0 Å². The molecule has 18 heavy (non-hydrogen) atoms. The molecule has 92 valence electrons. The minimum Gasteiger partial charge on any atom is -0.366 e. The van der Waals surface area contributed by atoms with E-state index in [2.05, 4.69) is 9.88 Å². The fourth-order valence-corrected chi connectivity index (χ4v) is 2.39. The first-order valence-corrected chi connectivity index (χ1v) is 6.19. The summed E-state index contributed by atoms with van der Waals surface area (Å²) in [5.74, 6) is 0.618. The quantitative estimate of drug-likeness (QED) is 0.874. The van der Waals surface area contributed by atoms with E-state index in [4.69, 9.17) is 5.73 Å². The third-order valence-corrected chi connectivity index (χ3v) is 3.39. The van der Waals surface area contributed by atoms with Gasteiger partial charge in [-0.25, -0.2) is 4.98 Å². The third-order valence-electron chi connectivity index (χ3n) is 3.39. The van der Waals surface area contributed by atoms with E-state index < -0.39 is 5.91 Å². The third kappa shape index (κ3) is 1.90. The van der Waals surface area contributed by atoms with E-state index >= 15 is 0 Å². The number of carbonyl (C=O) groups is 1. The second kappa shape index (κ2) is 4.29. The number of aromatic nitrogens is 1. The zero-order valence-electron chi connectivity index (χ0n) is 10.1. The van der Waals surface area contributed by atoms with E-state index in [0.717, 1.165) is 29.8 Å². The summed E-state index contributed by atoms with van der Waals surface area (Å²) in [5, 5.41) is 0.953. The lowest BCUT2D eigenvalue weighted by Gasteiger charge is -2.16. The Morgan fingerprint density at radius 1 is 1.17 bits per heavy atom. The summed E-state index contributed by atoms with van der Waals surface area (Å²) in [6.07, 6.45) is 2.47. The van der Waals surface area contributed by atoms with Gasteiger partial charge in [0.25, 0.3) is 0 Å². The molecule has 1 saturated heterocycles. The monoisotopic (exact) mass is 241 g/mol. The molecule has 4 nitrogen and oxygen atoms in total. The van der Waals surface area contributed by atoms with Crippen molar-refractivity contribution in [2.45, 2.75) is 12.8 Å². The number of fused-ring (bicyclic) bond motifs is 1. The number of anilines is 1. The molecule has 2 aromatic rings. The molecule has 1 aromatic carbocycles. The summed E-state index contributed by atoms with van der Waals surface area (Å²) in [5.41, 5.74) is 6.70. The minimum atomic E-state index is -0.402. The second-order valence-corrected chi connectivity index (χ2v) is 4.64. The zero-order chi connectivity index (χ0) is 12.5. The van der Waals surface area contributed by atoms with Crippen LogP contribution in [0.25, 0.3) is 10.9 Å². The van der Waals surface area contributed by atoms with E-state index in [1.165, 1.54) is 12.8 Å². The second-order valence-electron chi connectivity index (χ2n) is 4.64. The van der Waals surface area contributed by atoms with Gasteiger partial charge in [-0.3, -0.25) is 4.79 Å². The maximum Gasteiger partial charge on any atom is 0.248 e. The number of hydrogen-bond donors (Lipinski definition) is 1. The topological polar surface area (TPSA) is 59.2 Å². The van der Waals surface area contributed by atoms with Gasteiger partial charge in [0, 0.05) is 24.0 Å². The van der Waals surface area contributed by atoms with Gasteiger partial charge >= 0.3 is 0 Å². The Morgan fingerprint density at radius 2 is 1.94 bits per heavy atom. The Labute approximate surface area is 105 Å². The summed E-state index contributed by atoms with van der Waals surface area (Å²) in [7, 11) is 0. The highest BCUT2D eigenvalue weighted by Gasteiger charge is 2.13. The first-order valence-electron chi connectivity index (χ1n) is 6.19. The molecule has 1 fully saturated rings. The Morgan fingerprint density at radius 3 is 2.67 bits per heavy atom. The van der Waals surface area contributed by atoms with Crippen LogP contribution in [-0.4, -0.2) is 24.0 Å². The Hall–Kier alpha value is -2.10. The van der Waals surface area contributed by atoms with Gasteiger partial charge in [0.2, 0.25) is 5.91 Å². The van der Waals surface area contributed by atoms with Crippen LogP contribution in [0.15, 0.2) is 30.3 Å². The molecule has 1 amide bonds. The van der Waals surface area contributed by atoms with Crippen LogP contribution in [-0.2, 0) is 0 Å². The van der Waals surface area contributed by atoms with E-state index in [1.807, 2.05) is 18.2 Å². The van der Waals surface area contributed by atoms with E-state index in [1.54, 1.807) is 12.1 Å². The molecule has 1 aliphatic rings. The number of hydrogen-bond acceptors (Lipinski definition) is 3. The van der Waals surface area contributed by atoms with Crippen molar-refractivity contribution in [3.63, 3.8) is 0 Å². The molecule has 0 spiro atoms. The molecule has 2 heterocycles. The molecule has 0 atom stereocenters. The van der Waals surface area contributed by atoms with Crippen LogP contribution in [0, 0.1) is 0 Å². The van der Waals surface area contributed by atoms with Crippen molar-refractivity contribution in [1.29, 1.82) is 0 Å². The van der Waals surface area contributed by atoms with Crippen LogP contribution >= 0.6 is 0 Å². The standard InChI is InChI=1S/C14H15N3O/c15-14(18)11-3-5-12-10(9-11)4-6-13(16-12)17-7-1-2-8-17/h3-6,9H,1-2,7-8H2,(H2,15,18). The van der Waals surface area contributed by atoms with Crippen molar-refractivity contribution >= 4 is 22.6 Å². The lowest BCUT2D eigenvalue weighted by molar-refractivity contribution is 0.100. The number of nitrogens with zero attached hydrogens (tertiary/aromatic N) is 2. The summed E-state index contributed by atoms with van der Waals surface area (Å²) < 4.78 is 0. The SMILES string of the molecule is NC(=O)c1ccc2nc(N3CCCC3)ccc2c1. The molecular weight excluding hydrogens is 226 g/mol. The zero-order valence-corrected chi connectivity index (χ0v) is 10.1. The van der Waals surface area contributed by atoms with Gasteiger partial charge in [-0.15, -0.1) is 0 Å². The average Bonchev–Trinajstić information content (AvgIpc) is 2.91. The van der Waals surface area contributed by atoms with Crippen LogP contribution in [0.3, 0.4) is 0 Å². The summed E-state index contributed by atoms with van der Waals surface area (Å²) in [4.78, 5) is 18.0. The number of nitrogens with two attached hydrogens (primary N) is 1. The number of primary amides is 1. The highest BCUT2D eigenvalue weighted by atomic mass is 16.1. The van der Waals surface area contributed by atoms with Crippen LogP contribution in [0.4, 0.5) is 5.82 Å². The van der Waals surface area contributed by atoms with Gasteiger partial charge in [-0.05, 0) is 43.2 Å². The molecule has 1 aliphatic heterocycles. The van der Waals surface area contributed by atoms with Gasteiger partial charge < -0.3 is 10.6 Å². The Bertz CT molecular complexity index is 603. The van der Waals surface area contributed by atoms with Crippen molar-refractivity contribution in [2.75, 3.05) is 18.0 Å². The van der Waals surface area contributed by atoms with Crippen LogP contribution in [0.1, 0.15) is 23.2 Å². The van der Waals surface area contributed by atoms with Gasteiger partial charge in [-0.1, -0.05) is 0 Å². The van der Waals surface area contributed by atoms with Gasteiger partial charge in [0.15, 0.2) is 0 Å². The van der Waals surface area contributed by atoms with Crippen molar-refractivity contribution in [2.24, 2.45) is 5.73 Å². The number of carbonyl (C=O) groups excluding carboxylic acids is 1. The van der Waals surface area contributed by atoms with E-state index in [-0.39, 0.29) is 0 Å². The number of amides is 1. The smallest absolute Gasteiger partial charge is 0.248 e.